The Hall–Kier alpha value is -1.69. The zero-order chi connectivity index (χ0) is 15.7. The molecule has 0 spiro atoms. The topological polar surface area (TPSA) is 75.3 Å². The summed E-state index contributed by atoms with van der Waals surface area (Å²) in [6.07, 6.45) is 7.74. The number of piperidine rings is 1. The quantitative estimate of drug-likeness (QED) is 0.897. The minimum absolute atomic E-state index is 0.0881. The van der Waals surface area contributed by atoms with Crippen molar-refractivity contribution in [1.29, 1.82) is 0 Å². The summed E-state index contributed by atoms with van der Waals surface area (Å²) in [5.41, 5.74) is 6.08. The summed E-state index contributed by atoms with van der Waals surface area (Å²) in [4.78, 5) is 25.2. The van der Waals surface area contributed by atoms with Gasteiger partial charge in [-0.15, -0.1) is 0 Å². The average molecular weight is 303 g/mol. The lowest BCUT2D eigenvalue weighted by Crippen LogP contribution is -2.52. The minimum atomic E-state index is -0.0881. The minimum Gasteiger partial charge on any atom is -0.382 e. The fraction of sp³-hybridized carbons (Fsp3) is 0.688. The van der Waals surface area contributed by atoms with Crippen molar-refractivity contribution in [2.24, 2.45) is 0 Å². The second-order valence-corrected chi connectivity index (χ2v) is 6.56. The lowest BCUT2D eigenvalue weighted by molar-refractivity contribution is 0.0483. The highest BCUT2D eigenvalue weighted by molar-refractivity contribution is 5.96. The third-order valence-electron chi connectivity index (χ3n) is 5.05. The number of nitrogens with two attached hydrogens (primary N) is 1. The summed E-state index contributed by atoms with van der Waals surface area (Å²) in [6.45, 7) is 6.14. The number of nitrogens with zero attached hydrogens (tertiary/aromatic N) is 4. The normalized spacial score (nSPS) is 29.7. The highest BCUT2D eigenvalue weighted by atomic mass is 16.2. The second-order valence-electron chi connectivity index (χ2n) is 6.56. The predicted molar refractivity (Wildman–Crippen MR) is 85.4 cm³/mol. The predicted octanol–water partition coefficient (Wildman–Crippen LogP) is 1.54. The summed E-state index contributed by atoms with van der Waals surface area (Å²) < 4.78 is 0. The van der Waals surface area contributed by atoms with E-state index in [9.17, 15) is 4.79 Å². The average Bonchev–Trinajstić information content (AvgIpc) is 2.86. The van der Waals surface area contributed by atoms with E-state index in [4.69, 9.17) is 5.73 Å². The zero-order valence-electron chi connectivity index (χ0n) is 13.4. The molecule has 2 aliphatic heterocycles. The Bertz CT molecular complexity index is 539. The third kappa shape index (κ3) is 2.79. The van der Waals surface area contributed by atoms with E-state index in [2.05, 4.69) is 28.7 Å². The van der Waals surface area contributed by atoms with E-state index >= 15 is 0 Å². The fourth-order valence-corrected chi connectivity index (χ4v) is 3.98. The van der Waals surface area contributed by atoms with Crippen molar-refractivity contribution < 1.29 is 4.79 Å². The van der Waals surface area contributed by atoms with E-state index in [1.807, 2.05) is 4.90 Å². The molecular weight excluding hydrogens is 278 g/mol. The molecule has 2 fully saturated rings. The van der Waals surface area contributed by atoms with Crippen molar-refractivity contribution in [1.82, 2.24) is 19.8 Å². The number of hydrogen-bond acceptors (Lipinski definition) is 5. The molecule has 2 aliphatic rings. The standard InChI is InChI=1S/C16H25N5O/c1-11-5-6-12(2)21(11)13-4-3-9-20(10-13)16(22)14-15(17)19-8-7-18-14/h7-8,11-13H,3-6,9-10H2,1-2H3,(H2,17,19)/t11-,12-,13-/m1/s1. The molecule has 0 unspecified atom stereocenters. The van der Waals surface area contributed by atoms with Gasteiger partial charge in [-0.05, 0) is 39.5 Å². The molecule has 2 saturated heterocycles. The molecule has 6 heteroatoms. The Morgan fingerprint density at radius 3 is 2.55 bits per heavy atom. The molecule has 3 rings (SSSR count). The van der Waals surface area contributed by atoms with E-state index in [0.717, 1.165) is 25.9 Å². The van der Waals surface area contributed by atoms with E-state index in [0.29, 0.717) is 18.1 Å². The second kappa shape index (κ2) is 6.20. The lowest BCUT2D eigenvalue weighted by atomic mass is 10.0. The van der Waals surface area contributed by atoms with E-state index in [1.54, 1.807) is 0 Å². The molecule has 120 valence electrons. The summed E-state index contributed by atoms with van der Waals surface area (Å²) in [6, 6.07) is 1.66. The number of amides is 1. The van der Waals surface area contributed by atoms with Crippen LogP contribution in [0.15, 0.2) is 12.4 Å². The van der Waals surface area contributed by atoms with E-state index in [1.165, 1.54) is 25.2 Å². The maximum absolute atomic E-state index is 12.7. The molecule has 3 atom stereocenters. The molecule has 0 bridgehead atoms. The summed E-state index contributed by atoms with van der Waals surface area (Å²) in [5.74, 6) is 0.132. The first-order valence-electron chi connectivity index (χ1n) is 8.21. The number of carbonyl (C=O) groups excluding carboxylic acids is 1. The van der Waals surface area contributed by atoms with Crippen molar-refractivity contribution in [3.8, 4) is 0 Å². The number of likely N-dealkylation sites (tertiary alicyclic amines) is 2. The van der Waals surface area contributed by atoms with Crippen molar-refractivity contribution in [3.63, 3.8) is 0 Å². The van der Waals surface area contributed by atoms with Crippen LogP contribution in [0.4, 0.5) is 5.82 Å². The zero-order valence-corrected chi connectivity index (χ0v) is 13.4. The van der Waals surface area contributed by atoms with Crippen LogP contribution in [0.3, 0.4) is 0 Å². The Kier molecular flexibility index (Phi) is 4.29. The molecule has 0 radical (unpaired) electrons. The van der Waals surface area contributed by atoms with Gasteiger partial charge in [0.05, 0.1) is 0 Å². The number of anilines is 1. The Morgan fingerprint density at radius 2 is 1.86 bits per heavy atom. The summed E-state index contributed by atoms with van der Waals surface area (Å²) in [7, 11) is 0. The van der Waals surface area contributed by atoms with Gasteiger partial charge in [0.15, 0.2) is 11.5 Å². The molecule has 0 aromatic carbocycles. The van der Waals surface area contributed by atoms with Crippen LogP contribution in [0, 0.1) is 0 Å². The van der Waals surface area contributed by atoms with Crippen LogP contribution in [0.5, 0.6) is 0 Å². The van der Waals surface area contributed by atoms with Crippen LogP contribution in [0.1, 0.15) is 50.0 Å². The maximum Gasteiger partial charge on any atom is 0.276 e. The van der Waals surface area contributed by atoms with Gasteiger partial charge in [0.2, 0.25) is 0 Å². The van der Waals surface area contributed by atoms with Gasteiger partial charge in [-0.25, -0.2) is 9.97 Å². The first-order chi connectivity index (χ1) is 10.6. The SMILES string of the molecule is C[C@@H]1CC[C@@H](C)N1[C@@H]1CCCN(C(=O)c2nccnc2N)C1. The smallest absolute Gasteiger partial charge is 0.276 e. The van der Waals surface area contributed by atoms with Crippen molar-refractivity contribution in [2.45, 2.75) is 57.7 Å². The Morgan fingerprint density at radius 1 is 1.18 bits per heavy atom. The number of carbonyl (C=O) groups is 1. The van der Waals surface area contributed by atoms with Gasteiger partial charge in [-0.1, -0.05) is 0 Å². The van der Waals surface area contributed by atoms with Crippen LogP contribution >= 0.6 is 0 Å². The summed E-state index contributed by atoms with van der Waals surface area (Å²) >= 11 is 0. The lowest BCUT2D eigenvalue weighted by Gasteiger charge is -2.41. The summed E-state index contributed by atoms with van der Waals surface area (Å²) in [5, 5.41) is 0. The molecule has 0 aliphatic carbocycles. The number of aromatic nitrogens is 2. The molecule has 6 nitrogen and oxygen atoms in total. The van der Waals surface area contributed by atoms with Crippen molar-refractivity contribution >= 4 is 11.7 Å². The van der Waals surface area contributed by atoms with Gasteiger partial charge in [-0.2, -0.15) is 0 Å². The first kappa shape index (κ1) is 15.2. The van der Waals surface area contributed by atoms with Gasteiger partial charge in [0.25, 0.3) is 5.91 Å². The van der Waals surface area contributed by atoms with Gasteiger partial charge >= 0.3 is 0 Å². The number of rotatable bonds is 2. The van der Waals surface area contributed by atoms with Gasteiger partial charge < -0.3 is 10.6 Å². The van der Waals surface area contributed by atoms with Crippen molar-refractivity contribution in [3.05, 3.63) is 18.1 Å². The first-order valence-corrected chi connectivity index (χ1v) is 8.21. The van der Waals surface area contributed by atoms with Crippen LogP contribution < -0.4 is 5.73 Å². The van der Waals surface area contributed by atoms with Crippen LogP contribution in [-0.4, -0.2) is 56.9 Å². The van der Waals surface area contributed by atoms with E-state index < -0.39 is 0 Å². The van der Waals surface area contributed by atoms with Gasteiger partial charge in [0.1, 0.15) is 0 Å². The number of hydrogen-bond donors (Lipinski definition) is 1. The molecule has 3 heterocycles. The van der Waals surface area contributed by atoms with Crippen LogP contribution in [0.25, 0.3) is 0 Å². The van der Waals surface area contributed by atoms with Crippen LogP contribution in [-0.2, 0) is 0 Å². The molecular formula is C16H25N5O. The molecule has 2 N–H and O–H groups in total. The fourth-order valence-electron chi connectivity index (χ4n) is 3.98. The van der Waals surface area contributed by atoms with Gasteiger partial charge in [-0.3, -0.25) is 9.69 Å². The Balaban J connectivity index is 1.73. The van der Waals surface area contributed by atoms with E-state index in [-0.39, 0.29) is 17.4 Å². The van der Waals surface area contributed by atoms with Crippen molar-refractivity contribution in [2.75, 3.05) is 18.8 Å². The van der Waals surface area contributed by atoms with Gasteiger partial charge in [0, 0.05) is 43.6 Å². The largest absolute Gasteiger partial charge is 0.382 e. The Labute approximate surface area is 131 Å². The molecule has 1 aromatic rings. The third-order valence-corrected chi connectivity index (χ3v) is 5.05. The molecule has 1 amide bonds. The highest BCUT2D eigenvalue weighted by Gasteiger charge is 2.36. The van der Waals surface area contributed by atoms with Crippen LogP contribution in [0.2, 0.25) is 0 Å². The molecule has 1 aromatic heterocycles. The molecule has 0 saturated carbocycles. The monoisotopic (exact) mass is 303 g/mol. The molecule has 22 heavy (non-hydrogen) atoms. The highest BCUT2D eigenvalue weighted by Crippen LogP contribution is 2.30. The maximum atomic E-state index is 12.7. The number of nitrogen functional groups attached to an aromatic ring is 1.